The smallest absolute Gasteiger partial charge is 0.319 e. The Morgan fingerprint density at radius 2 is 2.13 bits per heavy atom. The van der Waals surface area contributed by atoms with Gasteiger partial charge in [-0.05, 0) is 12.1 Å². The van der Waals surface area contributed by atoms with Crippen molar-refractivity contribution in [2.24, 2.45) is 7.05 Å². The van der Waals surface area contributed by atoms with Crippen molar-refractivity contribution in [3.8, 4) is 0 Å². The van der Waals surface area contributed by atoms with E-state index in [1.54, 1.807) is 29.9 Å². The van der Waals surface area contributed by atoms with Crippen LogP contribution < -0.4 is 5.32 Å². The summed E-state index contributed by atoms with van der Waals surface area (Å²) in [7, 11) is 1.75. The van der Waals surface area contributed by atoms with Crippen LogP contribution in [0.3, 0.4) is 0 Å². The van der Waals surface area contributed by atoms with Crippen LogP contribution in [-0.2, 0) is 13.6 Å². The zero-order valence-electron chi connectivity index (χ0n) is 8.18. The summed E-state index contributed by atoms with van der Waals surface area (Å²) in [4.78, 5) is 0. The van der Waals surface area contributed by atoms with Gasteiger partial charge in [0.25, 0.3) is 0 Å². The first kappa shape index (κ1) is 12.0. The Labute approximate surface area is 84.9 Å². The van der Waals surface area contributed by atoms with Crippen LogP contribution in [0.15, 0.2) is 18.3 Å². The van der Waals surface area contributed by atoms with Crippen LogP contribution in [0.2, 0.25) is 0 Å². The largest absolute Gasteiger partial charge is 0.353 e. The van der Waals surface area contributed by atoms with Gasteiger partial charge in [0.05, 0.1) is 6.54 Å². The Kier molecular flexibility index (Phi) is 3.73. The average Bonchev–Trinajstić information content (AvgIpc) is 2.51. The molecule has 0 spiro atoms. The molecule has 15 heavy (non-hydrogen) atoms. The summed E-state index contributed by atoms with van der Waals surface area (Å²) in [5.74, 6) is -3.97. The van der Waals surface area contributed by atoms with Crippen molar-refractivity contribution in [1.29, 1.82) is 0 Å². The Balaban J connectivity index is 2.37. The molecule has 0 amide bonds. The van der Waals surface area contributed by atoms with E-state index in [9.17, 15) is 17.6 Å². The van der Waals surface area contributed by atoms with Gasteiger partial charge in [-0.2, -0.15) is 8.78 Å². The molecule has 0 radical (unpaired) electrons. The first-order chi connectivity index (χ1) is 6.93. The molecule has 1 heterocycles. The van der Waals surface area contributed by atoms with E-state index in [0.29, 0.717) is 0 Å². The molecular weight excluding hydrogens is 212 g/mol. The number of aryl methyl sites for hydroxylation is 1. The van der Waals surface area contributed by atoms with Crippen molar-refractivity contribution in [2.75, 3.05) is 6.54 Å². The molecule has 0 aliphatic rings. The lowest BCUT2D eigenvalue weighted by Crippen LogP contribution is -2.38. The number of hydrogen-bond acceptors (Lipinski definition) is 1. The summed E-state index contributed by atoms with van der Waals surface area (Å²) in [5.41, 5.74) is 0.764. The van der Waals surface area contributed by atoms with Crippen molar-refractivity contribution in [2.45, 2.75) is 18.9 Å². The zero-order chi connectivity index (χ0) is 11.5. The SMILES string of the molecule is Cn1cccc1CNCC(F)(F)C(F)F. The van der Waals surface area contributed by atoms with E-state index < -0.39 is 18.9 Å². The molecule has 6 heteroatoms. The lowest BCUT2D eigenvalue weighted by Gasteiger charge is -2.15. The maximum Gasteiger partial charge on any atom is 0.319 e. The molecule has 0 saturated carbocycles. The minimum absolute atomic E-state index is 0.145. The maximum atomic E-state index is 12.5. The molecule has 2 nitrogen and oxygen atoms in total. The third-order valence-electron chi connectivity index (χ3n) is 2.04. The molecule has 0 atom stereocenters. The van der Waals surface area contributed by atoms with Crippen molar-refractivity contribution in [1.82, 2.24) is 9.88 Å². The highest BCUT2D eigenvalue weighted by molar-refractivity contribution is 5.05. The van der Waals surface area contributed by atoms with Gasteiger partial charge in [-0.3, -0.25) is 0 Å². The minimum atomic E-state index is -3.97. The van der Waals surface area contributed by atoms with Gasteiger partial charge in [-0.1, -0.05) is 0 Å². The Hall–Kier alpha value is -1.04. The van der Waals surface area contributed by atoms with Crippen LogP contribution in [0.4, 0.5) is 17.6 Å². The van der Waals surface area contributed by atoms with Gasteiger partial charge in [0.2, 0.25) is 0 Å². The molecule has 0 aromatic carbocycles. The highest BCUT2D eigenvalue weighted by Crippen LogP contribution is 2.21. The van der Waals surface area contributed by atoms with Crippen molar-refractivity contribution in [3.05, 3.63) is 24.0 Å². The molecule has 0 saturated heterocycles. The predicted octanol–water partition coefficient (Wildman–Crippen LogP) is 2.02. The van der Waals surface area contributed by atoms with E-state index in [1.807, 2.05) is 0 Å². The topological polar surface area (TPSA) is 17.0 Å². The predicted molar refractivity (Wildman–Crippen MR) is 48.1 cm³/mol. The van der Waals surface area contributed by atoms with Gasteiger partial charge in [0.15, 0.2) is 0 Å². The van der Waals surface area contributed by atoms with E-state index in [1.165, 1.54) is 0 Å². The maximum absolute atomic E-state index is 12.5. The van der Waals surface area contributed by atoms with Gasteiger partial charge in [0.1, 0.15) is 0 Å². The van der Waals surface area contributed by atoms with Crippen LogP contribution in [0.1, 0.15) is 5.69 Å². The molecule has 0 aliphatic carbocycles. The number of alkyl halides is 4. The molecule has 1 aromatic heterocycles. The number of nitrogens with zero attached hydrogens (tertiary/aromatic N) is 1. The van der Waals surface area contributed by atoms with E-state index in [-0.39, 0.29) is 6.54 Å². The molecule has 0 bridgehead atoms. The summed E-state index contributed by atoms with van der Waals surface area (Å²) in [6.45, 7) is -0.873. The molecule has 86 valence electrons. The quantitative estimate of drug-likeness (QED) is 0.757. The van der Waals surface area contributed by atoms with Crippen molar-refractivity contribution in [3.63, 3.8) is 0 Å². The second-order valence-corrected chi connectivity index (χ2v) is 3.28. The number of rotatable bonds is 5. The van der Waals surface area contributed by atoms with Crippen LogP contribution in [0, 0.1) is 0 Å². The second kappa shape index (κ2) is 4.65. The van der Waals surface area contributed by atoms with Crippen molar-refractivity contribution < 1.29 is 17.6 Å². The van der Waals surface area contributed by atoms with Gasteiger partial charge in [-0.15, -0.1) is 0 Å². The van der Waals surface area contributed by atoms with E-state index >= 15 is 0 Å². The monoisotopic (exact) mass is 224 g/mol. The van der Waals surface area contributed by atoms with Crippen LogP contribution in [-0.4, -0.2) is 23.5 Å². The number of hydrogen-bond donors (Lipinski definition) is 1. The summed E-state index contributed by atoms with van der Waals surface area (Å²) in [5, 5.41) is 2.30. The van der Waals surface area contributed by atoms with Gasteiger partial charge in [0, 0.05) is 25.5 Å². The lowest BCUT2D eigenvalue weighted by atomic mass is 10.3. The molecule has 1 rings (SSSR count). The molecular formula is C9H12F4N2. The molecule has 0 unspecified atom stereocenters. The van der Waals surface area contributed by atoms with Crippen molar-refractivity contribution >= 4 is 0 Å². The normalized spacial score (nSPS) is 12.4. The van der Waals surface area contributed by atoms with E-state index in [2.05, 4.69) is 5.32 Å². The van der Waals surface area contributed by atoms with Crippen LogP contribution in [0.25, 0.3) is 0 Å². The number of halogens is 4. The zero-order valence-corrected chi connectivity index (χ0v) is 8.18. The fraction of sp³-hybridized carbons (Fsp3) is 0.556. The number of nitrogens with one attached hydrogen (secondary N) is 1. The Morgan fingerprint density at radius 3 is 2.60 bits per heavy atom. The molecule has 1 aromatic rings. The van der Waals surface area contributed by atoms with Crippen LogP contribution >= 0.6 is 0 Å². The van der Waals surface area contributed by atoms with Gasteiger partial charge >= 0.3 is 12.3 Å². The molecule has 0 fully saturated rings. The number of aromatic nitrogens is 1. The van der Waals surface area contributed by atoms with E-state index in [4.69, 9.17) is 0 Å². The molecule has 1 N–H and O–H groups in total. The standard InChI is InChI=1S/C9H12F4N2/c1-15-4-2-3-7(15)5-14-6-9(12,13)8(10)11/h2-4,8,14H,5-6H2,1H3. The Morgan fingerprint density at radius 1 is 1.47 bits per heavy atom. The summed E-state index contributed by atoms with van der Waals surface area (Å²) >= 11 is 0. The van der Waals surface area contributed by atoms with Crippen LogP contribution in [0.5, 0.6) is 0 Å². The van der Waals surface area contributed by atoms with E-state index in [0.717, 1.165) is 5.69 Å². The molecule has 0 aliphatic heterocycles. The highest BCUT2D eigenvalue weighted by Gasteiger charge is 2.39. The first-order valence-corrected chi connectivity index (χ1v) is 4.40. The van der Waals surface area contributed by atoms with Gasteiger partial charge < -0.3 is 9.88 Å². The van der Waals surface area contributed by atoms with Gasteiger partial charge in [-0.25, -0.2) is 8.78 Å². The first-order valence-electron chi connectivity index (χ1n) is 4.40. The summed E-state index contributed by atoms with van der Waals surface area (Å²) in [6, 6.07) is 3.48. The fourth-order valence-electron chi connectivity index (χ4n) is 1.11. The lowest BCUT2D eigenvalue weighted by molar-refractivity contribution is -0.125. The fourth-order valence-corrected chi connectivity index (χ4v) is 1.11. The summed E-state index contributed by atoms with van der Waals surface area (Å²) in [6.07, 6.45) is -1.87. The third-order valence-corrected chi connectivity index (χ3v) is 2.04. The highest BCUT2D eigenvalue weighted by atomic mass is 19.3. The second-order valence-electron chi connectivity index (χ2n) is 3.28. The minimum Gasteiger partial charge on any atom is -0.353 e. The summed E-state index contributed by atoms with van der Waals surface area (Å²) < 4.78 is 50.2. The average molecular weight is 224 g/mol. The third kappa shape index (κ3) is 3.23. The Bertz CT molecular complexity index is 309.